The molecule has 2 unspecified atom stereocenters. The van der Waals surface area contributed by atoms with Crippen LogP contribution >= 0.6 is 22.9 Å². The zero-order valence-corrected chi connectivity index (χ0v) is 32.7. The number of nitrogens with zero attached hydrogens (tertiary/aromatic N) is 3. The number of aliphatic carboxylic acids is 1. The topological polar surface area (TPSA) is 179 Å². The van der Waals surface area contributed by atoms with Crippen LogP contribution in [0, 0.1) is 23.2 Å². The van der Waals surface area contributed by atoms with E-state index in [-0.39, 0.29) is 30.0 Å². The Morgan fingerprint density at radius 2 is 1.78 bits per heavy atom. The van der Waals surface area contributed by atoms with Crippen molar-refractivity contribution < 1.29 is 43.2 Å². The number of halogens is 1. The quantitative estimate of drug-likeness (QED) is 0.206. The molecule has 0 radical (unpaired) electrons. The minimum atomic E-state index is -1.41. The van der Waals surface area contributed by atoms with Crippen LogP contribution in [-0.4, -0.2) is 94.4 Å². The standard InChI is InChI=1S/C38H46ClN5O9S/c1-7-20-15-38(20,34(47)48)43-32(45)26-13-22(16-44(26)33(46)31(37(2,3)4)42-35(49)53-21-11-18-10-19(18)12-21)52-28-14-24(25-17-54-36(41-25)51-6)40-30-23(28)8-9-27(50-5)29(30)39/h8-9,14,17-22,26,31H,7,10-13,15-16H2,1-6H3,(H,42,49)(H,43,45)(H,47,48)/t18-,19+,20-,21?,22-,26+,31?,38-/m1/s1. The predicted octanol–water partition coefficient (Wildman–Crippen LogP) is 5.69. The lowest BCUT2D eigenvalue weighted by molar-refractivity contribution is -0.146. The summed E-state index contributed by atoms with van der Waals surface area (Å²) in [4.78, 5) is 65.0. The molecule has 3 amide bonds. The average molecular weight is 784 g/mol. The molecule has 3 N–H and O–H groups in total. The molecule has 16 heteroatoms. The van der Waals surface area contributed by atoms with Crippen LogP contribution in [0.25, 0.3) is 22.3 Å². The van der Waals surface area contributed by atoms with Crippen molar-refractivity contribution in [3.05, 3.63) is 28.6 Å². The lowest BCUT2D eigenvalue weighted by Gasteiger charge is -2.35. The number of carbonyl (C=O) groups is 4. The lowest BCUT2D eigenvalue weighted by atomic mass is 9.85. The van der Waals surface area contributed by atoms with Gasteiger partial charge in [0.2, 0.25) is 11.8 Å². The third kappa shape index (κ3) is 7.24. The zero-order chi connectivity index (χ0) is 38.7. The first-order valence-corrected chi connectivity index (χ1v) is 19.6. The molecule has 3 saturated carbocycles. The molecule has 3 aliphatic carbocycles. The van der Waals surface area contributed by atoms with Gasteiger partial charge in [-0.25, -0.2) is 19.6 Å². The van der Waals surface area contributed by atoms with Crippen LogP contribution < -0.4 is 24.8 Å². The van der Waals surface area contributed by atoms with Crippen LogP contribution in [0.4, 0.5) is 4.79 Å². The highest BCUT2D eigenvalue weighted by molar-refractivity contribution is 7.11. The van der Waals surface area contributed by atoms with Crippen LogP contribution in [0.15, 0.2) is 23.6 Å². The molecule has 290 valence electrons. The third-order valence-electron chi connectivity index (χ3n) is 11.3. The van der Waals surface area contributed by atoms with E-state index in [1.807, 2.05) is 27.7 Å². The van der Waals surface area contributed by atoms with Gasteiger partial charge in [-0.1, -0.05) is 57.1 Å². The van der Waals surface area contributed by atoms with E-state index in [0.717, 1.165) is 12.8 Å². The molecular formula is C38H46ClN5O9S. The molecule has 3 aromatic rings. The summed E-state index contributed by atoms with van der Waals surface area (Å²) in [6, 6.07) is 3.03. The number of hydrogen-bond acceptors (Lipinski definition) is 11. The van der Waals surface area contributed by atoms with Gasteiger partial charge in [0.05, 0.1) is 32.0 Å². The van der Waals surface area contributed by atoms with Crippen molar-refractivity contribution in [2.75, 3.05) is 20.8 Å². The van der Waals surface area contributed by atoms with Crippen LogP contribution in [0.1, 0.15) is 66.2 Å². The number of fused-ring (bicyclic) bond motifs is 2. The van der Waals surface area contributed by atoms with E-state index < -0.39 is 53.0 Å². The summed E-state index contributed by atoms with van der Waals surface area (Å²) in [5.74, 6) is -0.458. The van der Waals surface area contributed by atoms with Crippen LogP contribution in [-0.2, 0) is 19.1 Å². The molecular weight excluding hydrogens is 738 g/mol. The van der Waals surface area contributed by atoms with Crippen molar-refractivity contribution in [2.24, 2.45) is 23.2 Å². The van der Waals surface area contributed by atoms with Crippen molar-refractivity contribution in [1.82, 2.24) is 25.5 Å². The van der Waals surface area contributed by atoms with Crippen molar-refractivity contribution in [3.63, 3.8) is 0 Å². The summed E-state index contributed by atoms with van der Waals surface area (Å²) < 4.78 is 23.2. The number of ether oxygens (including phenoxy) is 4. The van der Waals surface area contributed by atoms with Gasteiger partial charge in [0.1, 0.15) is 52.0 Å². The largest absolute Gasteiger partial charge is 0.495 e. The third-order valence-corrected chi connectivity index (χ3v) is 12.5. The van der Waals surface area contributed by atoms with Gasteiger partial charge in [0.25, 0.3) is 5.19 Å². The Morgan fingerprint density at radius 3 is 2.39 bits per heavy atom. The molecule has 0 spiro atoms. The minimum absolute atomic E-state index is 0.0307. The molecule has 1 aliphatic heterocycles. The summed E-state index contributed by atoms with van der Waals surface area (Å²) in [7, 11) is 3.03. The van der Waals surface area contributed by atoms with Gasteiger partial charge in [-0.05, 0) is 61.0 Å². The van der Waals surface area contributed by atoms with Crippen LogP contribution in [0.2, 0.25) is 5.02 Å². The fourth-order valence-electron chi connectivity index (χ4n) is 8.09. The number of benzene rings is 1. The second-order valence-corrected chi connectivity index (χ2v) is 17.1. The number of pyridine rings is 1. The number of aromatic nitrogens is 2. The number of nitrogens with one attached hydrogen (secondary N) is 2. The molecule has 3 heterocycles. The number of amides is 3. The number of alkyl carbamates (subject to hydrolysis) is 1. The lowest BCUT2D eigenvalue weighted by Crippen LogP contribution is -2.59. The van der Waals surface area contributed by atoms with Crippen LogP contribution in [0.3, 0.4) is 0 Å². The Kier molecular flexibility index (Phi) is 10.1. The van der Waals surface area contributed by atoms with Gasteiger partial charge >= 0.3 is 12.1 Å². The Morgan fingerprint density at radius 1 is 1.04 bits per heavy atom. The van der Waals surface area contributed by atoms with E-state index in [9.17, 15) is 24.3 Å². The van der Waals surface area contributed by atoms with Gasteiger partial charge in [0, 0.05) is 23.3 Å². The van der Waals surface area contributed by atoms with Gasteiger partial charge < -0.3 is 39.6 Å². The molecule has 7 rings (SSSR count). The number of hydrogen-bond donors (Lipinski definition) is 3. The Bertz CT molecular complexity index is 1980. The molecule has 4 fully saturated rings. The van der Waals surface area contributed by atoms with Crippen molar-refractivity contribution in [3.8, 4) is 28.1 Å². The number of carboxylic acids is 1. The first kappa shape index (κ1) is 37.9. The monoisotopic (exact) mass is 783 g/mol. The Labute approximate surface area is 322 Å². The van der Waals surface area contributed by atoms with Crippen LogP contribution in [0.5, 0.6) is 16.7 Å². The highest BCUT2D eigenvalue weighted by atomic mass is 35.5. The maximum atomic E-state index is 14.6. The zero-order valence-electron chi connectivity index (χ0n) is 31.1. The number of carbonyl (C=O) groups excluding carboxylic acids is 3. The highest BCUT2D eigenvalue weighted by Gasteiger charge is 2.61. The van der Waals surface area contributed by atoms with Gasteiger partial charge in [-0.15, -0.1) is 0 Å². The van der Waals surface area contributed by atoms with E-state index in [1.54, 1.807) is 23.6 Å². The molecule has 54 heavy (non-hydrogen) atoms. The summed E-state index contributed by atoms with van der Waals surface area (Å²) in [6.07, 6.45) is 2.13. The van der Waals surface area contributed by atoms with E-state index in [0.29, 0.717) is 63.7 Å². The minimum Gasteiger partial charge on any atom is -0.495 e. The number of likely N-dealkylation sites (tertiary alicyclic amines) is 1. The maximum Gasteiger partial charge on any atom is 0.408 e. The Hall–Kier alpha value is -4.37. The number of methoxy groups -OCH3 is 2. The molecule has 1 aromatic carbocycles. The molecule has 0 bridgehead atoms. The maximum absolute atomic E-state index is 14.6. The smallest absolute Gasteiger partial charge is 0.408 e. The first-order valence-electron chi connectivity index (χ1n) is 18.3. The second-order valence-electron chi connectivity index (χ2n) is 15.9. The molecule has 1 saturated heterocycles. The SMILES string of the molecule is CC[C@@H]1C[C@]1(NC(=O)[C@@H]1C[C@@H](Oc2cc(-c3csc(OC)n3)nc3c(Cl)c(OC)ccc23)CN1C(=O)C(NC(=O)OC1C[C@@H]2C[C@@H]2C1)C(C)(C)C)C(=O)O. The highest BCUT2D eigenvalue weighted by Crippen LogP contribution is 2.52. The normalized spacial score (nSPS) is 27.5. The fourth-order valence-corrected chi connectivity index (χ4v) is 9.00. The molecule has 4 aliphatic rings. The van der Waals surface area contributed by atoms with Gasteiger partial charge in [-0.2, -0.15) is 0 Å². The summed E-state index contributed by atoms with van der Waals surface area (Å²) in [6.45, 7) is 7.32. The predicted molar refractivity (Wildman–Crippen MR) is 200 cm³/mol. The first-order chi connectivity index (χ1) is 25.6. The van der Waals surface area contributed by atoms with E-state index in [2.05, 4.69) is 15.6 Å². The average Bonchev–Trinajstić information content (AvgIpc) is 3.78. The second kappa shape index (κ2) is 14.4. The summed E-state index contributed by atoms with van der Waals surface area (Å²) in [5.41, 5.74) is -0.815. The van der Waals surface area contributed by atoms with Gasteiger partial charge in [0.15, 0.2) is 0 Å². The number of rotatable bonds is 12. The Balaban J connectivity index is 1.20. The van der Waals surface area contributed by atoms with E-state index in [1.165, 1.54) is 36.9 Å². The summed E-state index contributed by atoms with van der Waals surface area (Å²) >= 11 is 8.06. The van der Waals surface area contributed by atoms with Crippen molar-refractivity contribution >= 4 is 57.7 Å². The van der Waals surface area contributed by atoms with Crippen molar-refractivity contribution in [1.29, 1.82) is 0 Å². The van der Waals surface area contributed by atoms with E-state index >= 15 is 0 Å². The number of thiazole rings is 1. The molecule has 8 atom stereocenters. The fraction of sp³-hybridized carbons (Fsp3) is 0.579. The van der Waals surface area contributed by atoms with Crippen molar-refractivity contribution in [2.45, 2.75) is 96.1 Å². The summed E-state index contributed by atoms with van der Waals surface area (Å²) in [5, 5.41) is 18.8. The molecule has 14 nitrogen and oxygen atoms in total. The number of carboxylic acid groups (broad SMARTS) is 1. The van der Waals surface area contributed by atoms with E-state index in [4.69, 9.17) is 35.5 Å². The van der Waals surface area contributed by atoms with Gasteiger partial charge in [-0.3, -0.25) is 9.59 Å². The molecule has 2 aromatic heterocycles.